The lowest BCUT2D eigenvalue weighted by molar-refractivity contribution is -0.157. The highest BCUT2D eigenvalue weighted by atomic mass is 16.5. The summed E-state index contributed by atoms with van der Waals surface area (Å²) in [5.74, 6) is -1.04. The molecule has 2 amide bonds. The third kappa shape index (κ3) is 5.79. The van der Waals surface area contributed by atoms with Crippen LogP contribution in [0.3, 0.4) is 0 Å². The van der Waals surface area contributed by atoms with Crippen molar-refractivity contribution >= 4 is 17.8 Å². The van der Waals surface area contributed by atoms with Crippen molar-refractivity contribution in [2.45, 2.75) is 51.3 Å². The lowest BCUT2D eigenvalue weighted by atomic mass is 10.1. The van der Waals surface area contributed by atoms with Crippen LogP contribution in [0.15, 0.2) is 30.3 Å². The van der Waals surface area contributed by atoms with Crippen LogP contribution in [-0.2, 0) is 25.7 Å². The zero-order valence-electron chi connectivity index (χ0n) is 16.0. The molecule has 1 unspecified atom stereocenters. The Morgan fingerprint density at radius 3 is 2.63 bits per heavy atom. The normalized spacial score (nSPS) is 17.4. The molecule has 1 aromatic rings. The van der Waals surface area contributed by atoms with Crippen LogP contribution in [0.5, 0.6) is 0 Å². The van der Waals surface area contributed by atoms with Gasteiger partial charge in [-0.05, 0) is 25.3 Å². The van der Waals surface area contributed by atoms with E-state index < -0.39 is 18.1 Å². The molecule has 1 aliphatic heterocycles. The van der Waals surface area contributed by atoms with E-state index >= 15 is 0 Å². The number of benzene rings is 1. The van der Waals surface area contributed by atoms with Gasteiger partial charge in [0.05, 0.1) is 12.6 Å². The van der Waals surface area contributed by atoms with Gasteiger partial charge in [-0.1, -0.05) is 30.3 Å². The van der Waals surface area contributed by atoms with E-state index in [-0.39, 0.29) is 31.3 Å². The summed E-state index contributed by atoms with van der Waals surface area (Å²) in [7, 11) is 1.71. The van der Waals surface area contributed by atoms with E-state index in [2.05, 4.69) is 0 Å². The summed E-state index contributed by atoms with van der Waals surface area (Å²) in [6.07, 6.45) is 0.0839. The summed E-state index contributed by atoms with van der Waals surface area (Å²) in [4.78, 5) is 39.7. The van der Waals surface area contributed by atoms with E-state index in [1.807, 2.05) is 30.3 Å². The van der Waals surface area contributed by atoms with Gasteiger partial charge in [0.2, 0.25) is 11.8 Å². The van der Waals surface area contributed by atoms with Crippen molar-refractivity contribution in [2.75, 3.05) is 20.2 Å². The lowest BCUT2D eigenvalue weighted by Gasteiger charge is -2.27. The van der Waals surface area contributed by atoms with Gasteiger partial charge < -0.3 is 19.6 Å². The number of amides is 2. The van der Waals surface area contributed by atoms with Crippen LogP contribution in [0.1, 0.15) is 38.2 Å². The second kappa shape index (κ2) is 10.1. The van der Waals surface area contributed by atoms with Crippen molar-refractivity contribution in [1.29, 1.82) is 0 Å². The smallest absolute Gasteiger partial charge is 0.337 e. The predicted molar refractivity (Wildman–Crippen MR) is 99.5 cm³/mol. The Morgan fingerprint density at radius 2 is 1.96 bits per heavy atom. The molecule has 1 N–H and O–H groups in total. The Kier molecular flexibility index (Phi) is 7.79. The number of hydrogen-bond acceptors (Lipinski definition) is 5. The van der Waals surface area contributed by atoms with Crippen LogP contribution in [-0.4, -0.2) is 65.0 Å². The van der Waals surface area contributed by atoms with Gasteiger partial charge in [-0.3, -0.25) is 9.59 Å². The summed E-state index contributed by atoms with van der Waals surface area (Å²) in [5, 5.41) is 10.2. The second-order valence-electron chi connectivity index (χ2n) is 6.73. The molecule has 27 heavy (non-hydrogen) atoms. The fourth-order valence-corrected chi connectivity index (χ4v) is 3.31. The van der Waals surface area contributed by atoms with E-state index in [0.29, 0.717) is 25.9 Å². The number of esters is 1. The van der Waals surface area contributed by atoms with Gasteiger partial charge in [-0.2, -0.15) is 0 Å². The molecular formula is C20H28N2O5. The number of carbonyl (C=O) groups is 3. The van der Waals surface area contributed by atoms with Crippen LogP contribution in [0.25, 0.3) is 0 Å². The first-order valence-electron chi connectivity index (χ1n) is 9.36. The zero-order valence-corrected chi connectivity index (χ0v) is 16.0. The van der Waals surface area contributed by atoms with Gasteiger partial charge in [-0.15, -0.1) is 0 Å². The van der Waals surface area contributed by atoms with Crippen molar-refractivity contribution in [2.24, 2.45) is 0 Å². The summed E-state index contributed by atoms with van der Waals surface area (Å²) in [6.45, 7) is 2.81. The Bertz CT molecular complexity index is 649. The molecule has 7 nitrogen and oxygen atoms in total. The Hall–Kier alpha value is -2.41. The maximum absolute atomic E-state index is 12.5. The average Bonchev–Trinajstić information content (AvgIpc) is 3.16. The van der Waals surface area contributed by atoms with E-state index in [1.54, 1.807) is 18.9 Å². The molecule has 1 heterocycles. The fourth-order valence-electron chi connectivity index (χ4n) is 3.31. The van der Waals surface area contributed by atoms with Gasteiger partial charge in [0.1, 0.15) is 0 Å². The van der Waals surface area contributed by atoms with Crippen LogP contribution in [0, 0.1) is 0 Å². The highest BCUT2D eigenvalue weighted by Gasteiger charge is 2.38. The van der Waals surface area contributed by atoms with Crippen LogP contribution in [0.2, 0.25) is 0 Å². The highest BCUT2D eigenvalue weighted by Crippen LogP contribution is 2.22. The zero-order chi connectivity index (χ0) is 19.8. The third-order valence-corrected chi connectivity index (χ3v) is 4.75. The van der Waals surface area contributed by atoms with E-state index in [4.69, 9.17) is 4.74 Å². The molecule has 2 rings (SSSR count). The van der Waals surface area contributed by atoms with Crippen LogP contribution in [0.4, 0.5) is 0 Å². The first-order valence-corrected chi connectivity index (χ1v) is 9.36. The highest BCUT2D eigenvalue weighted by molar-refractivity contribution is 5.85. The molecule has 1 aliphatic rings. The number of hydrogen-bond donors (Lipinski definition) is 1. The lowest BCUT2D eigenvalue weighted by Crippen LogP contribution is -2.46. The first kappa shape index (κ1) is 20.9. The van der Waals surface area contributed by atoms with Gasteiger partial charge in [0, 0.05) is 33.0 Å². The maximum atomic E-state index is 12.5. The third-order valence-electron chi connectivity index (χ3n) is 4.75. The van der Waals surface area contributed by atoms with Gasteiger partial charge in [0.15, 0.2) is 6.10 Å². The summed E-state index contributed by atoms with van der Waals surface area (Å²) in [5.41, 5.74) is 1.02. The van der Waals surface area contributed by atoms with Crippen LogP contribution >= 0.6 is 0 Å². The summed E-state index contributed by atoms with van der Waals surface area (Å²) >= 11 is 0. The minimum Gasteiger partial charge on any atom is -0.464 e. The standard InChI is InChI=1S/C20H28N2O5/c1-3-27-20(26)19(25)16-10-7-13-22(16)18(24)12-11-17(23)21(2)14-15-8-5-4-6-9-15/h4-6,8-9,16,19,25H,3,7,10-14H2,1-2H3/t16-,19?/m0/s1. The molecule has 0 bridgehead atoms. The number of nitrogens with zero attached hydrogens (tertiary/aromatic N) is 2. The minimum atomic E-state index is -1.34. The summed E-state index contributed by atoms with van der Waals surface area (Å²) < 4.78 is 4.84. The van der Waals surface area contributed by atoms with Crippen molar-refractivity contribution in [1.82, 2.24) is 9.80 Å². The summed E-state index contributed by atoms with van der Waals surface area (Å²) in [6, 6.07) is 9.06. The van der Waals surface area contributed by atoms with Crippen molar-refractivity contribution in [3.8, 4) is 0 Å². The van der Waals surface area contributed by atoms with Crippen molar-refractivity contribution < 1.29 is 24.2 Å². The number of carbonyl (C=O) groups excluding carboxylic acids is 3. The van der Waals surface area contributed by atoms with E-state index in [0.717, 1.165) is 5.56 Å². The molecular weight excluding hydrogens is 348 g/mol. The molecule has 2 atom stereocenters. The molecule has 0 spiro atoms. The Labute approximate surface area is 159 Å². The van der Waals surface area contributed by atoms with Crippen molar-refractivity contribution in [3.63, 3.8) is 0 Å². The minimum absolute atomic E-state index is 0.0595. The average molecular weight is 376 g/mol. The number of likely N-dealkylation sites (tertiary alicyclic amines) is 1. The predicted octanol–water partition coefficient (Wildman–Crippen LogP) is 1.34. The molecule has 1 fully saturated rings. The Balaban J connectivity index is 1.84. The Morgan fingerprint density at radius 1 is 1.26 bits per heavy atom. The van der Waals surface area contributed by atoms with Crippen LogP contribution < -0.4 is 0 Å². The van der Waals surface area contributed by atoms with Gasteiger partial charge in [0.25, 0.3) is 0 Å². The van der Waals surface area contributed by atoms with E-state index in [1.165, 1.54) is 4.90 Å². The molecule has 0 radical (unpaired) electrons. The largest absolute Gasteiger partial charge is 0.464 e. The second-order valence-corrected chi connectivity index (χ2v) is 6.73. The molecule has 0 aromatic heterocycles. The number of aliphatic hydroxyl groups excluding tert-OH is 1. The topological polar surface area (TPSA) is 87.1 Å². The molecule has 7 heteroatoms. The number of aliphatic hydroxyl groups is 1. The number of ether oxygens (including phenoxy) is 1. The SMILES string of the molecule is CCOC(=O)C(O)[C@@H]1CCCN1C(=O)CCC(=O)N(C)Cc1ccccc1. The number of rotatable bonds is 8. The molecule has 148 valence electrons. The first-order chi connectivity index (χ1) is 12.9. The molecule has 0 aliphatic carbocycles. The van der Waals surface area contributed by atoms with Gasteiger partial charge in [-0.25, -0.2) is 4.79 Å². The van der Waals surface area contributed by atoms with Gasteiger partial charge >= 0.3 is 5.97 Å². The van der Waals surface area contributed by atoms with E-state index in [9.17, 15) is 19.5 Å². The maximum Gasteiger partial charge on any atom is 0.337 e. The quantitative estimate of drug-likeness (QED) is 0.692. The molecule has 1 aromatic carbocycles. The monoisotopic (exact) mass is 376 g/mol. The fraction of sp³-hybridized carbons (Fsp3) is 0.550. The molecule has 1 saturated heterocycles. The van der Waals surface area contributed by atoms with Crippen molar-refractivity contribution in [3.05, 3.63) is 35.9 Å². The molecule has 0 saturated carbocycles.